The Morgan fingerprint density at radius 2 is 1.78 bits per heavy atom. The lowest BCUT2D eigenvalue weighted by molar-refractivity contribution is -0.137. The molecule has 0 radical (unpaired) electrons. The van der Waals surface area contributed by atoms with Crippen molar-refractivity contribution in [2.24, 2.45) is 0 Å². The van der Waals surface area contributed by atoms with Gasteiger partial charge in [0.05, 0.1) is 5.56 Å². The number of Topliss-reactive ketones (excluding diaryl/α,β-unsaturated/α-hetero) is 1. The summed E-state index contributed by atoms with van der Waals surface area (Å²) < 4.78 is 37.5. The van der Waals surface area contributed by atoms with Crippen molar-refractivity contribution in [3.63, 3.8) is 0 Å². The van der Waals surface area contributed by atoms with Crippen LogP contribution >= 0.6 is 0 Å². The van der Waals surface area contributed by atoms with E-state index >= 15 is 0 Å². The summed E-state index contributed by atoms with van der Waals surface area (Å²) >= 11 is 0. The van der Waals surface area contributed by atoms with Crippen molar-refractivity contribution >= 4 is 11.9 Å². The highest BCUT2D eigenvalue weighted by molar-refractivity contribution is 6.14. The van der Waals surface area contributed by atoms with Crippen molar-refractivity contribution in [1.29, 1.82) is 5.26 Å². The van der Waals surface area contributed by atoms with Crippen LogP contribution in [0, 0.1) is 18.3 Å². The molecule has 2 aromatic rings. The zero-order valence-electron chi connectivity index (χ0n) is 12.2. The molecule has 5 heteroatoms. The van der Waals surface area contributed by atoms with Gasteiger partial charge in [0.1, 0.15) is 11.6 Å². The molecular weight excluding hydrogens is 303 g/mol. The van der Waals surface area contributed by atoms with Crippen LogP contribution in [0.5, 0.6) is 0 Å². The van der Waals surface area contributed by atoms with Crippen LogP contribution in [-0.4, -0.2) is 5.78 Å². The highest BCUT2D eigenvalue weighted by atomic mass is 19.4. The van der Waals surface area contributed by atoms with Crippen LogP contribution in [0.1, 0.15) is 27.0 Å². The number of benzene rings is 2. The summed E-state index contributed by atoms with van der Waals surface area (Å²) in [6, 6.07) is 12.9. The molecule has 0 aliphatic heterocycles. The predicted molar refractivity (Wildman–Crippen MR) is 80.5 cm³/mol. The summed E-state index contributed by atoms with van der Waals surface area (Å²) in [4.78, 5) is 12.3. The Kier molecular flexibility index (Phi) is 4.65. The Bertz CT molecular complexity index is 796. The second kappa shape index (κ2) is 6.49. The molecule has 0 saturated carbocycles. The molecule has 0 bridgehead atoms. The first-order valence-electron chi connectivity index (χ1n) is 6.71. The SMILES string of the molecule is Cc1cccc(C(=O)/C(C#N)=C/c2ccc(C(F)(F)F)cc2)c1. The number of nitrogens with zero attached hydrogens (tertiary/aromatic N) is 1. The standard InChI is InChI=1S/C18H12F3NO/c1-12-3-2-4-14(9-12)17(23)15(11-22)10-13-5-7-16(8-6-13)18(19,20)21/h2-10H,1H3/b15-10+. The zero-order valence-corrected chi connectivity index (χ0v) is 12.2. The minimum Gasteiger partial charge on any atom is -0.288 e. The van der Waals surface area contributed by atoms with Gasteiger partial charge in [-0.15, -0.1) is 0 Å². The molecule has 2 aromatic carbocycles. The second-order valence-corrected chi connectivity index (χ2v) is 4.99. The Morgan fingerprint density at radius 3 is 2.30 bits per heavy atom. The van der Waals surface area contributed by atoms with Gasteiger partial charge in [-0.1, -0.05) is 35.9 Å². The van der Waals surface area contributed by atoms with Gasteiger partial charge in [-0.25, -0.2) is 0 Å². The lowest BCUT2D eigenvalue weighted by Gasteiger charge is -2.06. The Hall–Kier alpha value is -2.87. The van der Waals surface area contributed by atoms with E-state index < -0.39 is 17.5 Å². The molecule has 116 valence electrons. The average Bonchev–Trinajstić information content (AvgIpc) is 2.51. The molecule has 0 amide bonds. The summed E-state index contributed by atoms with van der Waals surface area (Å²) in [7, 11) is 0. The number of rotatable bonds is 3. The zero-order chi connectivity index (χ0) is 17.0. The van der Waals surface area contributed by atoms with Gasteiger partial charge in [0, 0.05) is 5.56 Å². The highest BCUT2D eigenvalue weighted by Gasteiger charge is 2.29. The van der Waals surface area contributed by atoms with E-state index in [0.717, 1.165) is 17.7 Å². The van der Waals surface area contributed by atoms with Crippen molar-refractivity contribution in [3.8, 4) is 6.07 Å². The van der Waals surface area contributed by atoms with Gasteiger partial charge in [0.15, 0.2) is 0 Å². The quantitative estimate of drug-likeness (QED) is 0.463. The van der Waals surface area contributed by atoms with E-state index in [9.17, 15) is 18.0 Å². The number of allylic oxidation sites excluding steroid dienone is 1. The number of carbonyl (C=O) groups excluding carboxylic acids is 1. The van der Waals surface area contributed by atoms with E-state index in [1.165, 1.54) is 18.2 Å². The van der Waals surface area contributed by atoms with Crippen LogP contribution in [0.25, 0.3) is 6.08 Å². The van der Waals surface area contributed by atoms with Gasteiger partial charge in [0.2, 0.25) is 5.78 Å². The Morgan fingerprint density at radius 1 is 1.13 bits per heavy atom. The largest absolute Gasteiger partial charge is 0.416 e. The number of aryl methyl sites for hydroxylation is 1. The third-order valence-corrected chi connectivity index (χ3v) is 3.19. The number of ketones is 1. The van der Waals surface area contributed by atoms with Crippen LogP contribution in [-0.2, 0) is 6.18 Å². The summed E-state index contributed by atoms with van der Waals surface area (Å²) in [5.74, 6) is -0.462. The number of hydrogen-bond acceptors (Lipinski definition) is 2. The first-order chi connectivity index (χ1) is 10.8. The van der Waals surface area contributed by atoms with Crippen LogP contribution < -0.4 is 0 Å². The number of alkyl halides is 3. The normalized spacial score (nSPS) is 11.9. The molecule has 23 heavy (non-hydrogen) atoms. The first-order valence-corrected chi connectivity index (χ1v) is 6.71. The summed E-state index contributed by atoms with van der Waals surface area (Å²) in [5, 5.41) is 9.15. The predicted octanol–water partition coefficient (Wildman–Crippen LogP) is 4.80. The van der Waals surface area contributed by atoms with Crippen molar-refractivity contribution in [1.82, 2.24) is 0 Å². The monoisotopic (exact) mass is 315 g/mol. The highest BCUT2D eigenvalue weighted by Crippen LogP contribution is 2.29. The van der Waals surface area contributed by atoms with Crippen LogP contribution in [0.3, 0.4) is 0 Å². The molecule has 0 fully saturated rings. The van der Waals surface area contributed by atoms with Gasteiger partial charge < -0.3 is 0 Å². The molecule has 0 aliphatic carbocycles. The third-order valence-electron chi connectivity index (χ3n) is 3.19. The molecule has 0 spiro atoms. The molecule has 2 nitrogen and oxygen atoms in total. The minimum atomic E-state index is -4.42. The van der Waals surface area contributed by atoms with Gasteiger partial charge in [-0.3, -0.25) is 4.79 Å². The average molecular weight is 315 g/mol. The summed E-state index contributed by atoms with van der Waals surface area (Å²) in [6.45, 7) is 1.82. The Labute approximate surface area is 131 Å². The molecule has 0 heterocycles. The van der Waals surface area contributed by atoms with Crippen LogP contribution in [0.4, 0.5) is 13.2 Å². The number of nitriles is 1. The molecule has 0 unspecified atom stereocenters. The van der Waals surface area contributed by atoms with Crippen LogP contribution in [0.15, 0.2) is 54.1 Å². The topological polar surface area (TPSA) is 40.9 Å². The molecule has 2 rings (SSSR count). The minimum absolute atomic E-state index is 0.129. The number of halogens is 3. The fourth-order valence-electron chi connectivity index (χ4n) is 2.03. The molecule has 0 N–H and O–H groups in total. The third kappa shape index (κ3) is 4.07. The van der Waals surface area contributed by atoms with Gasteiger partial charge in [-0.05, 0) is 36.8 Å². The maximum Gasteiger partial charge on any atom is 0.416 e. The lowest BCUT2D eigenvalue weighted by Crippen LogP contribution is -2.04. The second-order valence-electron chi connectivity index (χ2n) is 4.99. The Balaban J connectivity index is 2.32. The fraction of sp³-hybridized carbons (Fsp3) is 0.111. The van der Waals surface area contributed by atoms with E-state index in [2.05, 4.69) is 0 Å². The van der Waals surface area contributed by atoms with E-state index in [4.69, 9.17) is 5.26 Å². The molecule has 0 aliphatic rings. The van der Waals surface area contributed by atoms with Crippen molar-refractivity contribution in [2.45, 2.75) is 13.1 Å². The molecule has 0 atom stereocenters. The van der Waals surface area contributed by atoms with E-state index in [0.29, 0.717) is 11.1 Å². The number of hydrogen-bond donors (Lipinski definition) is 0. The van der Waals surface area contributed by atoms with Crippen molar-refractivity contribution in [2.75, 3.05) is 0 Å². The molecule has 0 aromatic heterocycles. The van der Waals surface area contributed by atoms with Crippen molar-refractivity contribution in [3.05, 3.63) is 76.4 Å². The summed E-state index contributed by atoms with van der Waals surface area (Å²) in [5.41, 5.74) is 0.691. The fourth-order valence-corrected chi connectivity index (χ4v) is 2.03. The lowest BCUT2D eigenvalue weighted by atomic mass is 10.00. The molecule has 0 saturated heterocycles. The van der Waals surface area contributed by atoms with E-state index in [-0.39, 0.29) is 5.57 Å². The summed E-state index contributed by atoms with van der Waals surface area (Å²) in [6.07, 6.45) is -3.14. The van der Waals surface area contributed by atoms with Crippen LogP contribution in [0.2, 0.25) is 0 Å². The van der Waals surface area contributed by atoms with Gasteiger partial charge >= 0.3 is 6.18 Å². The van der Waals surface area contributed by atoms with Crippen molar-refractivity contribution < 1.29 is 18.0 Å². The van der Waals surface area contributed by atoms with Gasteiger partial charge in [0.25, 0.3) is 0 Å². The molecular formula is C18H12F3NO. The first kappa shape index (κ1) is 16.5. The number of carbonyl (C=O) groups is 1. The van der Waals surface area contributed by atoms with E-state index in [1.807, 2.05) is 13.0 Å². The maximum absolute atomic E-state index is 12.5. The maximum atomic E-state index is 12.5. The smallest absolute Gasteiger partial charge is 0.288 e. The van der Waals surface area contributed by atoms with Gasteiger partial charge in [-0.2, -0.15) is 18.4 Å². The van der Waals surface area contributed by atoms with E-state index in [1.54, 1.807) is 24.3 Å².